The van der Waals surface area contributed by atoms with E-state index in [0.717, 1.165) is 6.42 Å². The van der Waals surface area contributed by atoms with Crippen LogP contribution in [0.2, 0.25) is 0 Å². The van der Waals surface area contributed by atoms with Gasteiger partial charge in [-0.05, 0) is 13.3 Å². The summed E-state index contributed by atoms with van der Waals surface area (Å²) in [5.41, 5.74) is 2.44. The van der Waals surface area contributed by atoms with Crippen LogP contribution < -0.4 is 11.3 Å². The van der Waals surface area contributed by atoms with Gasteiger partial charge in [0.2, 0.25) is 0 Å². The molecule has 7 heavy (non-hydrogen) atoms. The second-order valence-corrected chi connectivity index (χ2v) is 1.59. The SMILES string of the molecule is CC(O)CCNN. The second-order valence-electron chi connectivity index (χ2n) is 1.59. The zero-order valence-corrected chi connectivity index (χ0v) is 4.52. The molecule has 0 aromatic carbocycles. The highest BCUT2D eigenvalue weighted by Crippen LogP contribution is 1.83. The van der Waals surface area contributed by atoms with Gasteiger partial charge in [0.1, 0.15) is 0 Å². The summed E-state index contributed by atoms with van der Waals surface area (Å²) < 4.78 is 0. The molecule has 1 unspecified atom stereocenters. The van der Waals surface area contributed by atoms with Crippen LogP contribution in [-0.4, -0.2) is 17.8 Å². The van der Waals surface area contributed by atoms with Gasteiger partial charge in [0.05, 0.1) is 6.10 Å². The number of aliphatic hydroxyl groups excluding tert-OH is 1. The van der Waals surface area contributed by atoms with Gasteiger partial charge >= 0.3 is 0 Å². The first-order valence-corrected chi connectivity index (χ1v) is 2.39. The maximum absolute atomic E-state index is 8.59. The maximum Gasteiger partial charge on any atom is 0.0524 e. The first kappa shape index (κ1) is 6.88. The molecular weight excluding hydrogens is 92.1 g/mol. The van der Waals surface area contributed by atoms with Crippen LogP contribution in [0, 0.1) is 0 Å². The Balaban J connectivity index is 2.68. The van der Waals surface area contributed by atoms with E-state index in [1.54, 1.807) is 6.92 Å². The molecule has 4 N–H and O–H groups in total. The Morgan fingerprint density at radius 1 is 1.86 bits per heavy atom. The predicted molar refractivity (Wildman–Crippen MR) is 28.5 cm³/mol. The molecule has 0 aliphatic heterocycles. The van der Waals surface area contributed by atoms with Crippen molar-refractivity contribution in [1.82, 2.24) is 5.43 Å². The number of aliphatic hydroxyl groups is 1. The van der Waals surface area contributed by atoms with Crippen LogP contribution in [0.4, 0.5) is 0 Å². The minimum absolute atomic E-state index is 0.240. The number of hydrogen-bond acceptors (Lipinski definition) is 3. The van der Waals surface area contributed by atoms with E-state index in [9.17, 15) is 0 Å². The summed E-state index contributed by atoms with van der Waals surface area (Å²) in [4.78, 5) is 0. The van der Waals surface area contributed by atoms with E-state index in [0.29, 0.717) is 6.54 Å². The first-order chi connectivity index (χ1) is 3.27. The molecule has 0 spiro atoms. The van der Waals surface area contributed by atoms with Crippen molar-refractivity contribution < 1.29 is 5.11 Å². The molecule has 0 saturated carbocycles. The molecule has 0 radical (unpaired) electrons. The molecule has 0 amide bonds. The number of hydrogen-bond donors (Lipinski definition) is 3. The zero-order valence-electron chi connectivity index (χ0n) is 4.52. The minimum atomic E-state index is -0.240. The van der Waals surface area contributed by atoms with E-state index >= 15 is 0 Å². The van der Waals surface area contributed by atoms with Gasteiger partial charge in [-0.15, -0.1) is 0 Å². The Kier molecular flexibility index (Phi) is 3.98. The summed E-state index contributed by atoms with van der Waals surface area (Å²) >= 11 is 0. The van der Waals surface area contributed by atoms with E-state index in [1.807, 2.05) is 0 Å². The van der Waals surface area contributed by atoms with Gasteiger partial charge in [-0.25, -0.2) is 0 Å². The molecule has 3 nitrogen and oxygen atoms in total. The smallest absolute Gasteiger partial charge is 0.0524 e. The van der Waals surface area contributed by atoms with Crippen LogP contribution in [0.5, 0.6) is 0 Å². The summed E-state index contributed by atoms with van der Waals surface area (Å²) in [6.45, 7) is 2.41. The third-order valence-corrected chi connectivity index (χ3v) is 0.706. The fourth-order valence-corrected chi connectivity index (χ4v) is 0.292. The normalized spacial score (nSPS) is 14.1. The van der Waals surface area contributed by atoms with Crippen LogP contribution in [-0.2, 0) is 0 Å². The fourth-order valence-electron chi connectivity index (χ4n) is 0.292. The lowest BCUT2D eigenvalue weighted by atomic mass is 10.3. The number of hydrazine groups is 1. The lowest BCUT2D eigenvalue weighted by Gasteiger charge is -1.99. The molecule has 0 heterocycles. The highest BCUT2D eigenvalue weighted by molar-refractivity contribution is 4.45. The largest absolute Gasteiger partial charge is 0.393 e. The topological polar surface area (TPSA) is 58.3 Å². The van der Waals surface area contributed by atoms with Gasteiger partial charge in [0.15, 0.2) is 0 Å². The van der Waals surface area contributed by atoms with E-state index in [1.165, 1.54) is 0 Å². The van der Waals surface area contributed by atoms with Crippen LogP contribution in [0.15, 0.2) is 0 Å². The molecule has 0 fully saturated rings. The average molecular weight is 104 g/mol. The summed E-state index contributed by atoms with van der Waals surface area (Å²) in [6.07, 6.45) is 0.479. The van der Waals surface area contributed by atoms with Crippen molar-refractivity contribution in [2.24, 2.45) is 5.84 Å². The first-order valence-electron chi connectivity index (χ1n) is 2.39. The van der Waals surface area contributed by atoms with Crippen molar-refractivity contribution in [2.45, 2.75) is 19.4 Å². The van der Waals surface area contributed by atoms with Crippen molar-refractivity contribution in [1.29, 1.82) is 0 Å². The third-order valence-electron chi connectivity index (χ3n) is 0.706. The van der Waals surface area contributed by atoms with Gasteiger partial charge in [-0.2, -0.15) is 0 Å². The summed E-state index contributed by atoms with van der Waals surface area (Å²) in [7, 11) is 0. The zero-order chi connectivity index (χ0) is 5.70. The number of rotatable bonds is 3. The van der Waals surface area contributed by atoms with Crippen LogP contribution in [0.3, 0.4) is 0 Å². The molecular formula is C4H12N2O. The maximum atomic E-state index is 8.59. The van der Waals surface area contributed by atoms with Crippen molar-refractivity contribution in [3.05, 3.63) is 0 Å². The molecule has 44 valence electrons. The summed E-state index contributed by atoms with van der Waals surface area (Å²) in [5.74, 6) is 4.92. The molecule has 0 saturated heterocycles. The third kappa shape index (κ3) is 5.88. The molecule has 0 aliphatic rings. The second kappa shape index (κ2) is 4.05. The fraction of sp³-hybridized carbons (Fsp3) is 1.00. The lowest BCUT2D eigenvalue weighted by Crippen LogP contribution is -2.25. The quantitative estimate of drug-likeness (QED) is 0.325. The van der Waals surface area contributed by atoms with Gasteiger partial charge in [-0.3, -0.25) is 11.3 Å². The molecule has 0 aliphatic carbocycles. The van der Waals surface area contributed by atoms with Crippen molar-refractivity contribution in [2.75, 3.05) is 6.54 Å². The van der Waals surface area contributed by atoms with E-state index in [2.05, 4.69) is 5.43 Å². The molecule has 0 bridgehead atoms. The summed E-state index contributed by atoms with van der Waals surface area (Å²) in [5, 5.41) is 8.59. The lowest BCUT2D eigenvalue weighted by molar-refractivity contribution is 0.184. The van der Waals surface area contributed by atoms with E-state index in [4.69, 9.17) is 10.9 Å². The molecule has 0 rings (SSSR count). The summed E-state index contributed by atoms with van der Waals surface area (Å²) in [6, 6.07) is 0. The number of nitrogens with two attached hydrogens (primary N) is 1. The van der Waals surface area contributed by atoms with Gasteiger partial charge in [0, 0.05) is 6.54 Å². The van der Waals surface area contributed by atoms with Gasteiger partial charge in [0.25, 0.3) is 0 Å². The predicted octanol–water partition coefficient (Wildman–Crippen LogP) is -0.779. The van der Waals surface area contributed by atoms with E-state index in [-0.39, 0.29) is 6.10 Å². The average Bonchev–Trinajstić information content (AvgIpc) is 1.61. The molecule has 0 aromatic heterocycles. The van der Waals surface area contributed by atoms with Gasteiger partial charge < -0.3 is 5.11 Å². The molecule has 1 atom stereocenters. The van der Waals surface area contributed by atoms with Gasteiger partial charge in [-0.1, -0.05) is 0 Å². The highest BCUT2D eigenvalue weighted by atomic mass is 16.3. The van der Waals surface area contributed by atoms with Crippen LogP contribution >= 0.6 is 0 Å². The Morgan fingerprint density at radius 3 is 2.57 bits per heavy atom. The minimum Gasteiger partial charge on any atom is -0.393 e. The van der Waals surface area contributed by atoms with E-state index < -0.39 is 0 Å². The molecule has 0 aromatic rings. The van der Waals surface area contributed by atoms with Crippen LogP contribution in [0.25, 0.3) is 0 Å². The highest BCUT2D eigenvalue weighted by Gasteiger charge is 1.90. The van der Waals surface area contributed by atoms with Crippen molar-refractivity contribution in [3.8, 4) is 0 Å². The Morgan fingerprint density at radius 2 is 2.43 bits per heavy atom. The molecule has 3 heteroatoms. The Bertz CT molecular complexity index is 38.7. The van der Waals surface area contributed by atoms with Crippen LogP contribution in [0.1, 0.15) is 13.3 Å². The Labute approximate surface area is 43.5 Å². The standard InChI is InChI=1S/C4H12N2O/c1-4(7)2-3-6-5/h4,6-7H,2-3,5H2,1H3. The van der Waals surface area contributed by atoms with Crippen molar-refractivity contribution in [3.63, 3.8) is 0 Å². The number of nitrogens with one attached hydrogen (secondary N) is 1. The Hall–Kier alpha value is -0.120. The van der Waals surface area contributed by atoms with Crippen molar-refractivity contribution >= 4 is 0 Å². The monoisotopic (exact) mass is 104 g/mol.